The Labute approximate surface area is 152 Å². The third-order valence-electron chi connectivity index (χ3n) is 5.03. The van der Waals surface area contributed by atoms with Crippen LogP contribution in [0.1, 0.15) is 59.2 Å². The Morgan fingerprint density at radius 1 is 1.44 bits per heavy atom. The van der Waals surface area contributed by atoms with Crippen molar-refractivity contribution in [2.45, 2.75) is 72.6 Å². The molecule has 1 heterocycles. The minimum absolute atomic E-state index is 0.0788. The molecule has 25 heavy (non-hydrogen) atoms. The molecule has 142 valence electrons. The maximum absolute atomic E-state index is 10.4. The molecule has 1 aliphatic carbocycles. The Balaban J connectivity index is 1.97. The van der Waals surface area contributed by atoms with Crippen LogP contribution in [0.25, 0.3) is 0 Å². The van der Waals surface area contributed by atoms with Crippen LogP contribution in [-0.4, -0.2) is 39.8 Å². The summed E-state index contributed by atoms with van der Waals surface area (Å²) in [6, 6.07) is 0. The summed E-state index contributed by atoms with van der Waals surface area (Å²) in [6.45, 7) is 11.7. The van der Waals surface area contributed by atoms with E-state index < -0.39 is 0 Å². The number of aliphatic imine (C=N–C) groups is 1. The fourth-order valence-electron chi connectivity index (χ4n) is 3.42. The van der Waals surface area contributed by atoms with E-state index in [1.165, 1.54) is 6.42 Å². The monoisotopic (exact) mass is 349 g/mol. The Bertz CT molecular complexity index is 554. The van der Waals surface area contributed by atoms with Crippen molar-refractivity contribution in [2.75, 3.05) is 13.1 Å². The second kappa shape index (κ2) is 9.22. The number of aliphatic hydroxyl groups excluding tert-OH is 1. The molecular formula is C19H35N5O. The topological polar surface area (TPSA) is 74.5 Å². The predicted octanol–water partition coefficient (Wildman–Crippen LogP) is 2.54. The van der Waals surface area contributed by atoms with Crippen molar-refractivity contribution in [3.8, 4) is 0 Å². The normalized spacial score (nSPS) is 24.6. The average molecular weight is 350 g/mol. The van der Waals surface area contributed by atoms with Gasteiger partial charge in [0.25, 0.3) is 0 Å². The van der Waals surface area contributed by atoms with E-state index in [-0.39, 0.29) is 11.5 Å². The van der Waals surface area contributed by atoms with E-state index in [0.717, 1.165) is 50.7 Å². The zero-order valence-electron chi connectivity index (χ0n) is 16.3. The van der Waals surface area contributed by atoms with E-state index >= 15 is 0 Å². The van der Waals surface area contributed by atoms with E-state index in [9.17, 15) is 5.11 Å². The standard InChI is InChI=1S/C19H35N5O/c1-5-20-18(23-14-19(4)9-7-6-8-16(19)25)22-12-17-21-10-11-24(17)13-15(2)3/h10-11,15-16,25H,5-9,12-14H2,1-4H3,(H2,20,22,23). The quantitative estimate of drug-likeness (QED) is 0.522. The molecule has 0 bridgehead atoms. The lowest BCUT2D eigenvalue weighted by molar-refractivity contribution is 0.00397. The highest BCUT2D eigenvalue weighted by molar-refractivity contribution is 5.79. The zero-order chi connectivity index (χ0) is 18.3. The molecule has 2 atom stereocenters. The van der Waals surface area contributed by atoms with Crippen LogP contribution in [0.2, 0.25) is 0 Å². The lowest BCUT2D eigenvalue weighted by atomic mass is 9.73. The van der Waals surface area contributed by atoms with Crippen molar-refractivity contribution in [3.63, 3.8) is 0 Å². The minimum Gasteiger partial charge on any atom is -0.392 e. The zero-order valence-corrected chi connectivity index (χ0v) is 16.3. The van der Waals surface area contributed by atoms with Gasteiger partial charge in [-0.05, 0) is 25.7 Å². The fourth-order valence-corrected chi connectivity index (χ4v) is 3.42. The van der Waals surface area contributed by atoms with E-state index in [4.69, 9.17) is 4.99 Å². The molecule has 2 unspecified atom stereocenters. The summed E-state index contributed by atoms with van der Waals surface area (Å²) < 4.78 is 2.17. The van der Waals surface area contributed by atoms with E-state index in [2.05, 4.69) is 47.9 Å². The highest BCUT2D eigenvalue weighted by Gasteiger charge is 2.35. The lowest BCUT2D eigenvalue weighted by Crippen LogP contribution is -2.48. The van der Waals surface area contributed by atoms with Gasteiger partial charge >= 0.3 is 0 Å². The van der Waals surface area contributed by atoms with Crippen LogP contribution in [0.3, 0.4) is 0 Å². The number of hydrogen-bond acceptors (Lipinski definition) is 3. The van der Waals surface area contributed by atoms with Crippen molar-refractivity contribution in [2.24, 2.45) is 16.3 Å². The Hall–Kier alpha value is -1.56. The molecule has 0 aliphatic heterocycles. The molecule has 0 spiro atoms. The summed E-state index contributed by atoms with van der Waals surface area (Å²) in [6.07, 6.45) is 7.90. The second-order valence-electron chi connectivity index (χ2n) is 7.85. The van der Waals surface area contributed by atoms with Crippen molar-refractivity contribution >= 4 is 5.96 Å². The van der Waals surface area contributed by atoms with Gasteiger partial charge in [-0.3, -0.25) is 0 Å². The molecule has 1 aliphatic rings. The maximum Gasteiger partial charge on any atom is 0.191 e. The molecule has 0 amide bonds. The third kappa shape index (κ3) is 5.73. The van der Waals surface area contributed by atoms with E-state index in [1.54, 1.807) is 0 Å². The summed E-state index contributed by atoms with van der Waals surface area (Å²) in [5.74, 6) is 2.35. The van der Waals surface area contributed by atoms with Gasteiger partial charge < -0.3 is 20.3 Å². The average Bonchev–Trinajstić information content (AvgIpc) is 2.99. The molecule has 0 radical (unpaired) electrons. The molecule has 2 rings (SSSR count). The number of imidazole rings is 1. The molecule has 3 N–H and O–H groups in total. The van der Waals surface area contributed by atoms with Gasteiger partial charge in [0.15, 0.2) is 5.96 Å². The number of guanidine groups is 1. The smallest absolute Gasteiger partial charge is 0.191 e. The minimum atomic E-state index is -0.235. The Morgan fingerprint density at radius 2 is 2.24 bits per heavy atom. The summed E-state index contributed by atoms with van der Waals surface area (Å²) in [7, 11) is 0. The van der Waals surface area contributed by atoms with Gasteiger partial charge in [0.1, 0.15) is 12.4 Å². The second-order valence-corrected chi connectivity index (χ2v) is 7.85. The highest BCUT2D eigenvalue weighted by atomic mass is 16.3. The van der Waals surface area contributed by atoms with Gasteiger partial charge in [0, 0.05) is 37.4 Å². The molecule has 1 saturated carbocycles. The van der Waals surface area contributed by atoms with E-state index in [0.29, 0.717) is 12.5 Å². The molecule has 1 aromatic heterocycles. The number of aliphatic hydroxyl groups is 1. The van der Waals surface area contributed by atoms with Crippen LogP contribution in [0.5, 0.6) is 0 Å². The highest BCUT2D eigenvalue weighted by Crippen LogP contribution is 2.35. The van der Waals surface area contributed by atoms with Crippen LogP contribution < -0.4 is 10.6 Å². The van der Waals surface area contributed by atoms with Crippen LogP contribution in [-0.2, 0) is 13.1 Å². The number of aromatic nitrogens is 2. The van der Waals surface area contributed by atoms with Crippen molar-refractivity contribution in [1.82, 2.24) is 20.2 Å². The van der Waals surface area contributed by atoms with Crippen molar-refractivity contribution < 1.29 is 5.11 Å². The van der Waals surface area contributed by atoms with Crippen molar-refractivity contribution in [3.05, 3.63) is 18.2 Å². The summed E-state index contributed by atoms with van der Waals surface area (Å²) in [5.41, 5.74) is -0.0788. The van der Waals surface area contributed by atoms with Gasteiger partial charge in [0.2, 0.25) is 0 Å². The first kappa shape index (κ1) is 19.8. The predicted molar refractivity (Wildman–Crippen MR) is 102 cm³/mol. The van der Waals surface area contributed by atoms with Crippen LogP contribution in [0, 0.1) is 11.3 Å². The third-order valence-corrected chi connectivity index (χ3v) is 5.03. The van der Waals surface area contributed by atoms with Crippen LogP contribution >= 0.6 is 0 Å². The molecule has 6 heteroatoms. The summed E-state index contributed by atoms with van der Waals surface area (Å²) >= 11 is 0. The Morgan fingerprint density at radius 3 is 2.92 bits per heavy atom. The van der Waals surface area contributed by atoms with Gasteiger partial charge in [-0.15, -0.1) is 0 Å². The van der Waals surface area contributed by atoms with Gasteiger partial charge in [-0.1, -0.05) is 33.6 Å². The first-order chi connectivity index (χ1) is 11.9. The molecule has 6 nitrogen and oxygen atoms in total. The fraction of sp³-hybridized carbons (Fsp3) is 0.789. The molecular weight excluding hydrogens is 314 g/mol. The van der Waals surface area contributed by atoms with Gasteiger partial charge in [-0.2, -0.15) is 0 Å². The van der Waals surface area contributed by atoms with Crippen LogP contribution in [0.4, 0.5) is 0 Å². The molecule has 1 aromatic rings. The largest absolute Gasteiger partial charge is 0.392 e. The van der Waals surface area contributed by atoms with Crippen LogP contribution in [0.15, 0.2) is 17.4 Å². The first-order valence-electron chi connectivity index (χ1n) is 9.65. The first-order valence-corrected chi connectivity index (χ1v) is 9.65. The summed E-state index contributed by atoms with van der Waals surface area (Å²) in [5, 5.41) is 17.1. The number of nitrogens with zero attached hydrogens (tertiary/aromatic N) is 3. The number of nitrogens with one attached hydrogen (secondary N) is 2. The number of hydrogen-bond donors (Lipinski definition) is 3. The van der Waals surface area contributed by atoms with Crippen molar-refractivity contribution in [1.29, 1.82) is 0 Å². The summed E-state index contributed by atoms with van der Waals surface area (Å²) in [4.78, 5) is 9.13. The molecule has 0 aromatic carbocycles. The number of rotatable bonds is 7. The molecule has 0 saturated heterocycles. The SMILES string of the molecule is CCNC(=NCc1nccn1CC(C)C)NCC1(C)CCCCC1O. The van der Waals surface area contributed by atoms with Gasteiger partial charge in [-0.25, -0.2) is 9.98 Å². The maximum atomic E-state index is 10.4. The van der Waals surface area contributed by atoms with E-state index in [1.807, 2.05) is 12.4 Å². The lowest BCUT2D eigenvalue weighted by Gasteiger charge is -2.38. The Kier molecular flexibility index (Phi) is 7.29. The van der Waals surface area contributed by atoms with Gasteiger partial charge in [0.05, 0.1) is 6.10 Å². The molecule has 1 fully saturated rings.